The minimum Gasteiger partial charge on any atom is -0.493 e. The number of carbonyl (C=O) groups is 1. The Bertz CT molecular complexity index is 1100. The highest BCUT2D eigenvalue weighted by molar-refractivity contribution is 7.98. The summed E-state index contributed by atoms with van der Waals surface area (Å²) in [5.41, 5.74) is 3.94. The monoisotopic (exact) mass is 510 g/mol. The average Bonchev–Trinajstić information content (AvgIpc) is 2.86. The molecule has 8 heteroatoms. The van der Waals surface area contributed by atoms with Gasteiger partial charge in [-0.05, 0) is 72.9 Å². The molecule has 3 N–H and O–H groups in total. The van der Waals surface area contributed by atoms with E-state index in [1.54, 1.807) is 18.7 Å². The molecule has 6 nitrogen and oxygen atoms in total. The van der Waals surface area contributed by atoms with Crippen LogP contribution in [0.4, 0.5) is 11.4 Å². The summed E-state index contributed by atoms with van der Waals surface area (Å²) in [4.78, 5) is 12.4. The van der Waals surface area contributed by atoms with Crippen LogP contribution in [-0.4, -0.2) is 41.8 Å². The Labute approximate surface area is 216 Å². The molecule has 184 valence electrons. The van der Waals surface area contributed by atoms with Crippen LogP contribution in [0.2, 0.25) is 0 Å². The topological polar surface area (TPSA) is 79.8 Å². The van der Waals surface area contributed by atoms with Crippen molar-refractivity contribution in [2.75, 3.05) is 30.1 Å². The maximum atomic E-state index is 11.2. The summed E-state index contributed by atoms with van der Waals surface area (Å²) in [6, 6.07) is 23.6. The molecule has 0 saturated heterocycles. The molecule has 0 amide bonds. The molecule has 0 radical (unpaired) electrons. The number of para-hydroxylation sites is 1. The number of carboxylic acids is 1. The highest BCUT2D eigenvalue weighted by Gasteiger charge is 2.17. The molecular formula is C27H30N2O4S2. The number of nitrogens with one attached hydrogen (secondary N) is 2. The fraction of sp³-hybridized carbons (Fsp3) is 0.259. The van der Waals surface area contributed by atoms with Crippen LogP contribution in [-0.2, 0) is 22.4 Å². The number of aliphatic carboxylic acids is 1. The van der Waals surface area contributed by atoms with Crippen LogP contribution in [0, 0.1) is 0 Å². The molecule has 35 heavy (non-hydrogen) atoms. The lowest BCUT2D eigenvalue weighted by Gasteiger charge is -2.13. The van der Waals surface area contributed by atoms with E-state index in [0.717, 1.165) is 39.6 Å². The van der Waals surface area contributed by atoms with Gasteiger partial charge in [-0.25, -0.2) is 4.79 Å². The zero-order chi connectivity index (χ0) is 25.0. The van der Waals surface area contributed by atoms with Crippen molar-refractivity contribution < 1.29 is 19.4 Å². The number of hydrogen-bond donors (Lipinski definition) is 3. The normalized spacial score (nSPS) is 11.5. The van der Waals surface area contributed by atoms with Gasteiger partial charge in [-0.15, -0.1) is 11.8 Å². The third kappa shape index (κ3) is 8.58. The molecule has 3 rings (SSSR count). The zero-order valence-electron chi connectivity index (χ0n) is 19.8. The van der Waals surface area contributed by atoms with Crippen molar-refractivity contribution >= 4 is 46.4 Å². The van der Waals surface area contributed by atoms with E-state index in [9.17, 15) is 9.90 Å². The van der Waals surface area contributed by atoms with Crippen molar-refractivity contribution in [2.45, 2.75) is 30.8 Å². The largest absolute Gasteiger partial charge is 0.493 e. The van der Waals surface area contributed by atoms with Crippen molar-refractivity contribution in [3.8, 4) is 5.75 Å². The van der Waals surface area contributed by atoms with Crippen LogP contribution >= 0.6 is 24.0 Å². The van der Waals surface area contributed by atoms with Crippen LogP contribution in [0.1, 0.15) is 18.1 Å². The number of thioether (sulfide) groups is 1. The number of anilines is 2. The molecule has 0 aliphatic heterocycles. The van der Waals surface area contributed by atoms with Crippen molar-refractivity contribution in [2.24, 2.45) is 0 Å². The fourth-order valence-electron chi connectivity index (χ4n) is 3.43. The predicted molar refractivity (Wildman–Crippen MR) is 147 cm³/mol. The van der Waals surface area contributed by atoms with Gasteiger partial charge in [-0.3, -0.25) is 0 Å². The van der Waals surface area contributed by atoms with Gasteiger partial charge >= 0.3 is 5.97 Å². The van der Waals surface area contributed by atoms with E-state index in [0.29, 0.717) is 24.7 Å². The van der Waals surface area contributed by atoms with Gasteiger partial charge in [0, 0.05) is 30.0 Å². The molecule has 0 bridgehead atoms. The Morgan fingerprint density at radius 3 is 2.34 bits per heavy atom. The van der Waals surface area contributed by atoms with Crippen molar-refractivity contribution in [1.82, 2.24) is 0 Å². The van der Waals surface area contributed by atoms with E-state index >= 15 is 0 Å². The Balaban J connectivity index is 1.44. The van der Waals surface area contributed by atoms with E-state index in [1.165, 1.54) is 0 Å². The highest BCUT2D eigenvalue weighted by Crippen LogP contribution is 2.25. The number of benzene rings is 3. The molecule has 3 aromatic rings. The van der Waals surface area contributed by atoms with Gasteiger partial charge in [0.2, 0.25) is 0 Å². The molecule has 0 heterocycles. The van der Waals surface area contributed by atoms with Gasteiger partial charge in [0.25, 0.3) is 0 Å². The van der Waals surface area contributed by atoms with Crippen molar-refractivity contribution in [1.29, 1.82) is 0 Å². The Hall–Kier alpha value is -3.07. The van der Waals surface area contributed by atoms with Gasteiger partial charge < -0.3 is 25.2 Å². The second-order valence-electron chi connectivity index (χ2n) is 7.71. The third-order valence-electron chi connectivity index (χ3n) is 5.21. The fourth-order valence-corrected chi connectivity index (χ4v) is 4.21. The number of hydrogen-bond acceptors (Lipinski definition) is 5. The Kier molecular flexibility index (Phi) is 10.4. The highest BCUT2D eigenvalue weighted by atomic mass is 32.2. The Morgan fingerprint density at radius 1 is 1.00 bits per heavy atom. The minimum atomic E-state index is -0.951. The smallest absolute Gasteiger partial charge is 0.333 e. The molecule has 0 spiro atoms. The number of thiocarbonyl (C=S) groups is 1. The summed E-state index contributed by atoms with van der Waals surface area (Å²) >= 11 is 7.12. The first kappa shape index (κ1) is 26.5. The first-order chi connectivity index (χ1) is 17.0. The molecular weight excluding hydrogens is 480 g/mol. The maximum Gasteiger partial charge on any atom is 0.333 e. The van der Waals surface area contributed by atoms with E-state index in [-0.39, 0.29) is 0 Å². The predicted octanol–water partition coefficient (Wildman–Crippen LogP) is 5.87. The molecule has 1 unspecified atom stereocenters. The van der Waals surface area contributed by atoms with Gasteiger partial charge in [-0.1, -0.05) is 36.4 Å². The molecule has 0 saturated carbocycles. The summed E-state index contributed by atoms with van der Waals surface area (Å²) < 4.78 is 11.1. The van der Waals surface area contributed by atoms with E-state index in [1.807, 2.05) is 73.0 Å². The van der Waals surface area contributed by atoms with E-state index in [2.05, 4.69) is 16.7 Å². The molecule has 3 aromatic carbocycles. The van der Waals surface area contributed by atoms with Gasteiger partial charge in [-0.2, -0.15) is 0 Å². The van der Waals surface area contributed by atoms with Crippen LogP contribution in [0.15, 0.2) is 77.7 Å². The van der Waals surface area contributed by atoms with Gasteiger partial charge in [0.1, 0.15) is 5.75 Å². The van der Waals surface area contributed by atoms with E-state index in [4.69, 9.17) is 21.7 Å². The van der Waals surface area contributed by atoms with Crippen LogP contribution in [0.5, 0.6) is 5.75 Å². The second kappa shape index (κ2) is 13.7. The summed E-state index contributed by atoms with van der Waals surface area (Å²) in [5, 5.41) is 16.2. The van der Waals surface area contributed by atoms with Gasteiger partial charge in [0.15, 0.2) is 11.2 Å². The van der Waals surface area contributed by atoms with Gasteiger partial charge in [0.05, 0.1) is 12.3 Å². The van der Waals surface area contributed by atoms with Crippen molar-refractivity contribution in [3.05, 3.63) is 83.9 Å². The molecule has 1 atom stereocenters. The minimum absolute atomic E-state index is 0.326. The number of rotatable bonds is 12. The third-order valence-corrected chi connectivity index (χ3v) is 6.21. The van der Waals surface area contributed by atoms with E-state index < -0.39 is 12.1 Å². The molecule has 0 aliphatic rings. The summed E-state index contributed by atoms with van der Waals surface area (Å²) in [5.74, 6) is -0.204. The van der Waals surface area contributed by atoms with Crippen LogP contribution in [0.3, 0.4) is 0 Å². The molecule has 0 fully saturated rings. The molecule has 0 aliphatic carbocycles. The lowest BCUT2D eigenvalue weighted by atomic mass is 10.1. The first-order valence-corrected chi connectivity index (χ1v) is 13.0. The summed E-state index contributed by atoms with van der Waals surface area (Å²) in [6.07, 6.45) is 2.29. The quantitative estimate of drug-likeness (QED) is 0.206. The van der Waals surface area contributed by atoms with Crippen LogP contribution in [0.25, 0.3) is 0 Å². The van der Waals surface area contributed by atoms with Crippen molar-refractivity contribution in [3.63, 3.8) is 0 Å². The lowest BCUT2D eigenvalue weighted by molar-refractivity contribution is -0.149. The molecule has 0 aromatic heterocycles. The average molecular weight is 511 g/mol. The standard InChI is InChI=1S/C27H30N2O4S2/c1-3-32-24(26(30)31)18-20-10-14-22(15-11-20)33-17-16-19-8-12-21(13-9-19)28-27(34)29-23-6-4-5-7-25(23)35-2/h4-15,24H,3,16-18H2,1-2H3,(H,30,31)(H2,28,29,34). The van der Waals surface area contributed by atoms with Crippen LogP contribution < -0.4 is 15.4 Å². The lowest BCUT2D eigenvalue weighted by Crippen LogP contribution is -2.26. The first-order valence-electron chi connectivity index (χ1n) is 11.3. The Morgan fingerprint density at radius 2 is 1.69 bits per heavy atom. The summed E-state index contributed by atoms with van der Waals surface area (Å²) in [7, 11) is 0. The summed E-state index contributed by atoms with van der Waals surface area (Å²) in [6.45, 7) is 2.69. The zero-order valence-corrected chi connectivity index (χ0v) is 21.5. The maximum absolute atomic E-state index is 11.2. The number of ether oxygens (including phenoxy) is 2. The second-order valence-corrected chi connectivity index (χ2v) is 8.96. The SMILES string of the molecule is CCOC(Cc1ccc(OCCc2ccc(NC(=S)Nc3ccccc3SC)cc2)cc1)C(=O)O. The number of carboxylic acid groups (broad SMARTS) is 1.